The van der Waals surface area contributed by atoms with Crippen molar-refractivity contribution in [2.45, 2.75) is 32.2 Å². The molecule has 3 rings (SSSR count). The van der Waals surface area contributed by atoms with Gasteiger partial charge in [-0.1, -0.05) is 18.2 Å². The van der Waals surface area contributed by atoms with Crippen LogP contribution in [-0.4, -0.2) is 63.5 Å². The molecule has 0 spiro atoms. The third-order valence-electron chi connectivity index (χ3n) is 5.66. The number of amides is 3. The fourth-order valence-corrected chi connectivity index (χ4v) is 4.96. The zero-order valence-electron chi connectivity index (χ0n) is 21.4. The van der Waals surface area contributed by atoms with Gasteiger partial charge in [-0.15, -0.1) is 0 Å². The minimum Gasteiger partial charge on any atom is -0.507 e. The molecule has 0 radical (unpaired) electrons. The molecular weight excluding hydrogens is 530 g/mol. The second-order valence-corrected chi connectivity index (χ2v) is 10.2. The number of phenols is 1. The number of unbranched alkanes of at least 4 members (excludes halogenated alkanes) is 1. The van der Waals surface area contributed by atoms with E-state index in [-0.39, 0.29) is 35.8 Å². The Kier molecular flexibility index (Phi) is 9.66. The Bertz CT molecular complexity index is 1370. The molecular formula is C26H29N3O9S. The number of sulfonamides is 1. The lowest BCUT2D eigenvalue weighted by molar-refractivity contribution is -0.128. The number of nitrogens with one attached hydrogen (secondary N) is 2. The third kappa shape index (κ3) is 7.57. The van der Waals surface area contributed by atoms with Crippen LogP contribution in [0.1, 0.15) is 35.7 Å². The van der Waals surface area contributed by atoms with Gasteiger partial charge in [0.15, 0.2) is 0 Å². The highest BCUT2D eigenvalue weighted by molar-refractivity contribution is 7.96. The van der Waals surface area contributed by atoms with Crippen molar-refractivity contribution in [2.24, 2.45) is 0 Å². The second-order valence-electron chi connectivity index (χ2n) is 8.56. The van der Waals surface area contributed by atoms with Crippen LogP contribution in [0.15, 0.2) is 53.9 Å². The first-order valence-electron chi connectivity index (χ1n) is 12.0. The number of rotatable bonds is 12. The number of carbonyl (C=O) groups excluding carboxylic acids is 4. The van der Waals surface area contributed by atoms with E-state index in [0.717, 1.165) is 11.5 Å². The fourth-order valence-electron chi connectivity index (χ4n) is 3.82. The maximum atomic E-state index is 12.8. The van der Waals surface area contributed by atoms with Gasteiger partial charge in [-0.3, -0.25) is 14.4 Å². The first-order chi connectivity index (χ1) is 18.5. The monoisotopic (exact) mass is 559 g/mol. The fraction of sp³-hybridized carbons (Fsp3) is 0.308. The molecule has 0 unspecified atom stereocenters. The van der Waals surface area contributed by atoms with Gasteiger partial charge < -0.3 is 25.2 Å². The Morgan fingerprint density at radius 2 is 1.79 bits per heavy atom. The van der Waals surface area contributed by atoms with Crippen LogP contribution >= 0.6 is 0 Å². The maximum absolute atomic E-state index is 12.8. The van der Waals surface area contributed by atoms with Gasteiger partial charge in [-0.25, -0.2) is 13.2 Å². The highest BCUT2D eigenvalue weighted by atomic mass is 32.2. The molecule has 1 aliphatic rings. The van der Waals surface area contributed by atoms with Crippen molar-refractivity contribution in [3.8, 4) is 11.5 Å². The number of anilines is 1. The lowest BCUT2D eigenvalue weighted by Crippen LogP contribution is -2.47. The van der Waals surface area contributed by atoms with Crippen LogP contribution in [0.5, 0.6) is 11.5 Å². The average Bonchev–Trinajstić information content (AvgIpc) is 3.17. The van der Waals surface area contributed by atoms with E-state index < -0.39 is 39.8 Å². The molecule has 3 amide bonds. The standard InChI is InChI=1S/C26H29N3O9S/c1-17(30)28-20(16-18-8-10-19(11-9-18)29-23(32)12-15-39(29,35)36)25(33)27-13-3-4-14-38-22-7-5-6-21(31)24(22)26(34)37-2/h5-12,15,20,31H,3-4,13-14,16H2,1-2H3,(H,27,33)(H,28,30)/t20-/m0/s1. The Morgan fingerprint density at radius 1 is 1.08 bits per heavy atom. The number of phenolic OH excluding ortho intramolecular Hbond substituents is 1. The summed E-state index contributed by atoms with van der Waals surface area (Å²) in [6, 6.07) is 9.63. The molecule has 0 bridgehead atoms. The zero-order valence-corrected chi connectivity index (χ0v) is 22.2. The van der Waals surface area contributed by atoms with Crippen LogP contribution in [0.4, 0.5) is 5.69 Å². The molecule has 1 aliphatic heterocycles. The van der Waals surface area contributed by atoms with Crippen molar-refractivity contribution < 1.29 is 42.2 Å². The van der Waals surface area contributed by atoms with Gasteiger partial charge in [-0.05, 0) is 42.7 Å². The number of esters is 1. The first kappa shape index (κ1) is 29.2. The van der Waals surface area contributed by atoms with E-state index in [1.807, 2.05) is 0 Å². The third-order valence-corrected chi connectivity index (χ3v) is 7.04. The lowest BCUT2D eigenvalue weighted by Gasteiger charge is -2.19. The summed E-state index contributed by atoms with van der Waals surface area (Å²) in [4.78, 5) is 48.2. The largest absolute Gasteiger partial charge is 0.507 e. The van der Waals surface area contributed by atoms with Crippen LogP contribution in [0.3, 0.4) is 0 Å². The zero-order chi connectivity index (χ0) is 28.6. The summed E-state index contributed by atoms with van der Waals surface area (Å²) in [5, 5.41) is 16.1. The lowest BCUT2D eigenvalue weighted by atomic mass is 10.0. The summed E-state index contributed by atoms with van der Waals surface area (Å²) < 4.78 is 35.0. The quantitative estimate of drug-likeness (QED) is 0.257. The van der Waals surface area contributed by atoms with E-state index in [0.29, 0.717) is 29.3 Å². The molecule has 0 aliphatic carbocycles. The molecule has 0 aromatic heterocycles. The minimum atomic E-state index is -3.86. The van der Waals surface area contributed by atoms with Gasteiger partial charge in [-0.2, -0.15) is 4.31 Å². The van der Waals surface area contributed by atoms with E-state index in [1.54, 1.807) is 12.1 Å². The number of hydrogen-bond donors (Lipinski definition) is 3. The SMILES string of the molecule is COC(=O)c1c(O)cccc1OCCCCNC(=O)[C@H](Cc1ccc(N2C(=O)C=CS2(=O)=O)cc1)NC(C)=O. The van der Waals surface area contributed by atoms with Gasteiger partial charge in [0.2, 0.25) is 11.8 Å². The normalized spacial score (nSPS) is 14.5. The van der Waals surface area contributed by atoms with Crippen molar-refractivity contribution in [3.63, 3.8) is 0 Å². The van der Waals surface area contributed by atoms with Crippen molar-refractivity contribution in [1.82, 2.24) is 10.6 Å². The number of ether oxygens (including phenoxy) is 2. The summed E-state index contributed by atoms with van der Waals surface area (Å²) in [5.74, 6) is -2.26. The van der Waals surface area contributed by atoms with E-state index in [2.05, 4.69) is 15.4 Å². The average molecular weight is 560 g/mol. The molecule has 2 aromatic rings. The van der Waals surface area contributed by atoms with E-state index in [9.17, 15) is 32.7 Å². The summed E-state index contributed by atoms with van der Waals surface area (Å²) in [7, 11) is -2.66. The Balaban J connectivity index is 1.50. The molecule has 39 heavy (non-hydrogen) atoms. The van der Waals surface area contributed by atoms with Crippen LogP contribution in [-0.2, 0) is 35.6 Å². The van der Waals surface area contributed by atoms with Crippen molar-refractivity contribution >= 4 is 39.4 Å². The van der Waals surface area contributed by atoms with Gasteiger partial charge in [0.05, 0.1) is 24.8 Å². The summed E-state index contributed by atoms with van der Waals surface area (Å²) in [6.45, 7) is 1.81. The molecule has 1 heterocycles. The number of methoxy groups -OCH3 is 1. The predicted octanol–water partition coefficient (Wildman–Crippen LogP) is 1.39. The Morgan fingerprint density at radius 3 is 2.41 bits per heavy atom. The van der Waals surface area contributed by atoms with Crippen LogP contribution in [0, 0.1) is 0 Å². The summed E-state index contributed by atoms with van der Waals surface area (Å²) in [5.41, 5.74) is 0.747. The topological polar surface area (TPSA) is 168 Å². The second kappa shape index (κ2) is 12.9. The number of nitrogens with zero attached hydrogens (tertiary/aromatic N) is 1. The molecule has 1 atom stereocenters. The van der Waals surface area contributed by atoms with Gasteiger partial charge in [0, 0.05) is 26.0 Å². The minimum absolute atomic E-state index is 0.0650. The molecule has 208 valence electrons. The van der Waals surface area contributed by atoms with Crippen LogP contribution < -0.4 is 19.7 Å². The predicted molar refractivity (Wildman–Crippen MR) is 140 cm³/mol. The Labute approximate surface area is 225 Å². The molecule has 13 heteroatoms. The van der Waals surface area contributed by atoms with Crippen molar-refractivity contribution in [1.29, 1.82) is 0 Å². The van der Waals surface area contributed by atoms with E-state index in [4.69, 9.17) is 4.74 Å². The van der Waals surface area contributed by atoms with Gasteiger partial charge in [0.25, 0.3) is 15.9 Å². The van der Waals surface area contributed by atoms with Crippen molar-refractivity contribution in [3.05, 3.63) is 65.1 Å². The first-order valence-corrected chi connectivity index (χ1v) is 13.5. The molecule has 0 fully saturated rings. The van der Waals surface area contributed by atoms with Crippen molar-refractivity contribution in [2.75, 3.05) is 24.6 Å². The molecule has 12 nitrogen and oxygen atoms in total. The van der Waals surface area contributed by atoms with E-state index in [1.165, 1.54) is 44.4 Å². The smallest absolute Gasteiger partial charge is 0.345 e. The highest BCUT2D eigenvalue weighted by Crippen LogP contribution is 2.28. The number of carbonyl (C=O) groups is 4. The molecule has 0 saturated heterocycles. The number of benzene rings is 2. The van der Waals surface area contributed by atoms with Crippen LogP contribution in [0.25, 0.3) is 0 Å². The molecule has 3 N–H and O–H groups in total. The number of aromatic hydroxyl groups is 1. The Hall–Kier alpha value is -4.39. The number of hydrogen-bond acceptors (Lipinski definition) is 9. The van der Waals surface area contributed by atoms with Crippen LogP contribution in [0.2, 0.25) is 0 Å². The maximum Gasteiger partial charge on any atom is 0.345 e. The highest BCUT2D eigenvalue weighted by Gasteiger charge is 2.31. The summed E-state index contributed by atoms with van der Waals surface area (Å²) in [6.07, 6.45) is 2.17. The van der Waals surface area contributed by atoms with E-state index >= 15 is 0 Å². The van der Waals surface area contributed by atoms with Gasteiger partial charge in [0.1, 0.15) is 23.1 Å². The van der Waals surface area contributed by atoms with Gasteiger partial charge >= 0.3 is 5.97 Å². The molecule has 0 saturated carbocycles. The summed E-state index contributed by atoms with van der Waals surface area (Å²) >= 11 is 0. The molecule has 2 aromatic carbocycles.